The van der Waals surface area contributed by atoms with Crippen LogP contribution in [0.15, 0.2) is 22.7 Å². The molecule has 1 atom stereocenters. The van der Waals surface area contributed by atoms with Gasteiger partial charge in [-0.1, -0.05) is 32.3 Å². The summed E-state index contributed by atoms with van der Waals surface area (Å²) in [6.07, 6.45) is 6.42. The van der Waals surface area contributed by atoms with Crippen molar-refractivity contribution in [2.45, 2.75) is 51.3 Å². The van der Waals surface area contributed by atoms with Crippen LogP contribution in [0, 0.1) is 5.41 Å². The van der Waals surface area contributed by atoms with Crippen molar-refractivity contribution in [1.29, 1.82) is 0 Å². The highest BCUT2D eigenvalue weighted by Crippen LogP contribution is 2.49. The molecule has 1 aromatic carbocycles. The van der Waals surface area contributed by atoms with E-state index in [1.54, 1.807) is 0 Å². The quantitative estimate of drug-likeness (QED) is 0.599. The van der Waals surface area contributed by atoms with Gasteiger partial charge in [0.15, 0.2) is 0 Å². The van der Waals surface area contributed by atoms with Crippen molar-refractivity contribution in [3.05, 3.63) is 28.2 Å². The van der Waals surface area contributed by atoms with Crippen molar-refractivity contribution in [2.24, 2.45) is 5.41 Å². The maximum Gasteiger partial charge on any atom is 0.133 e. The molecule has 0 N–H and O–H groups in total. The summed E-state index contributed by atoms with van der Waals surface area (Å²) in [5, 5.41) is 0.0831. The topological polar surface area (TPSA) is 9.23 Å². The molecule has 106 valence electrons. The molecular formula is C16H22BrClO. The molecule has 1 unspecified atom stereocenters. The van der Waals surface area contributed by atoms with Gasteiger partial charge in [0.25, 0.3) is 0 Å². The number of rotatable bonds is 4. The third-order valence-electron chi connectivity index (χ3n) is 4.16. The van der Waals surface area contributed by atoms with Gasteiger partial charge in [-0.25, -0.2) is 0 Å². The molecule has 0 amide bonds. The Morgan fingerprint density at radius 1 is 1.32 bits per heavy atom. The first-order chi connectivity index (χ1) is 9.07. The lowest BCUT2D eigenvalue weighted by Crippen LogP contribution is -2.25. The van der Waals surface area contributed by atoms with Gasteiger partial charge in [0, 0.05) is 0 Å². The third kappa shape index (κ3) is 3.46. The molecule has 0 bridgehead atoms. The van der Waals surface area contributed by atoms with Gasteiger partial charge < -0.3 is 4.74 Å². The van der Waals surface area contributed by atoms with Crippen molar-refractivity contribution in [3.63, 3.8) is 0 Å². The molecule has 1 saturated carbocycles. The van der Waals surface area contributed by atoms with E-state index in [2.05, 4.69) is 35.0 Å². The van der Waals surface area contributed by atoms with E-state index in [0.717, 1.165) is 10.2 Å². The predicted octanol–water partition coefficient (Wildman–Crippen LogP) is 6.10. The second-order valence-corrected chi connectivity index (χ2v) is 6.99. The average molecular weight is 346 g/mol. The van der Waals surface area contributed by atoms with Gasteiger partial charge in [0.1, 0.15) is 5.75 Å². The van der Waals surface area contributed by atoms with Gasteiger partial charge in [-0.3, -0.25) is 0 Å². The lowest BCUT2D eigenvalue weighted by Gasteiger charge is -2.38. The fourth-order valence-electron chi connectivity index (χ4n) is 2.96. The molecule has 0 spiro atoms. The summed E-state index contributed by atoms with van der Waals surface area (Å²) in [6.45, 7) is 5.00. The first kappa shape index (κ1) is 15.2. The van der Waals surface area contributed by atoms with Crippen molar-refractivity contribution in [2.75, 3.05) is 6.61 Å². The highest BCUT2D eigenvalue weighted by atomic mass is 79.9. The van der Waals surface area contributed by atoms with Crippen LogP contribution in [0.25, 0.3) is 0 Å². The summed E-state index contributed by atoms with van der Waals surface area (Å²) < 4.78 is 6.55. The Balaban J connectivity index is 2.19. The molecule has 1 aliphatic carbocycles. The van der Waals surface area contributed by atoms with Crippen LogP contribution in [-0.4, -0.2) is 6.61 Å². The molecule has 0 radical (unpaired) electrons. The van der Waals surface area contributed by atoms with Crippen LogP contribution in [0.3, 0.4) is 0 Å². The number of benzene rings is 1. The SMILES string of the molecule is CCOc1ccc(C(Cl)C2(C)CCCCC2)cc1Br. The fraction of sp³-hybridized carbons (Fsp3) is 0.625. The van der Waals surface area contributed by atoms with E-state index >= 15 is 0 Å². The molecule has 1 fully saturated rings. The molecule has 3 heteroatoms. The zero-order valence-corrected chi connectivity index (χ0v) is 14.1. The monoisotopic (exact) mass is 344 g/mol. The molecule has 19 heavy (non-hydrogen) atoms. The van der Waals surface area contributed by atoms with Gasteiger partial charge in [-0.2, -0.15) is 0 Å². The van der Waals surface area contributed by atoms with Crippen LogP contribution >= 0.6 is 27.5 Å². The van der Waals surface area contributed by atoms with Crippen molar-refractivity contribution in [3.8, 4) is 5.75 Å². The first-order valence-corrected chi connectivity index (χ1v) is 8.36. The molecule has 1 nitrogen and oxygen atoms in total. The van der Waals surface area contributed by atoms with Crippen molar-refractivity contribution >= 4 is 27.5 Å². The molecule has 0 aliphatic heterocycles. The number of halogens is 2. The summed E-state index contributed by atoms with van der Waals surface area (Å²) >= 11 is 10.3. The van der Waals surface area contributed by atoms with E-state index in [-0.39, 0.29) is 10.8 Å². The van der Waals surface area contributed by atoms with E-state index in [1.165, 1.54) is 37.7 Å². The van der Waals surface area contributed by atoms with E-state index in [0.29, 0.717) is 6.61 Å². The normalized spacial score (nSPS) is 20.0. The van der Waals surface area contributed by atoms with Crippen LogP contribution < -0.4 is 4.74 Å². The lowest BCUT2D eigenvalue weighted by atomic mass is 9.71. The van der Waals surface area contributed by atoms with Gasteiger partial charge in [0.05, 0.1) is 16.5 Å². The Hall–Kier alpha value is -0.210. The fourth-order valence-corrected chi connectivity index (χ4v) is 3.83. The molecule has 2 rings (SSSR count). The number of ether oxygens (including phenoxy) is 1. The molecule has 1 aromatic rings. The molecule has 0 aromatic heterocycles. The minimum atomic E-state index is 0.0831. The number of alkyl halides is 1. The van der Waals surface area contributed by atoms with E-state index in [1.807, 2.05) is 13.0 Å². The first-order valence-electron chi connectivity index (χ1n) is 7.13. The molecule has 1 aliphatic rings. The average Bonchev–Trinajstić information content (AvgIpc) is 2.41. The minimum Gasteiger partial charge on any atom is -0.493 e. The maximum atomic E-state index is 6.77. The third-order valence-corrected chi connectivity index (χ3v) is 5.55. The Kier molecular flexibility index (Phi) is 5.19. The van der Waals surface area contributed by atoms with E-state index < -0.39 is 0 Å². The zero-order valence-electron chi connectivity index (χ0n) is 11.7. The molecular weight excluding hydrogens is 324 g/mol. The van der Waals surface area contributed by atoms with Crippen LogP contribution in [0.2, 0.25) is 0 Å². The molecule has 0 heterocycles. The van der Waals surface area contributed by atoms with Crippen LogP contribution in [0.4, 0.5) is 0 Å². The standard InChI is InChI=1S/C16H22BrClO/c1-3-19-14-8-7-12(11-13(14)17)15(18)16(2)9-5-4-6-10-16/h7-8,11,15H,3-6,9-10H2,1-2H3. The Morgan fingerprint density at radius 2 is 2.00 bits per heavy atom. The largest absolute Gasteiger partial charge is 0.493 e. The van der Waals surface area contributed by atoms with Gasteiger partial charge >= 0.3 is 0 Å². The van der Waals surface area contributed by atoms with Crippen LogP contribution in [0.5, 0.6) is 5.75 Å². The van der Waals surface area contributed by atoms with Gasteiger partial charge in [-0.05, 0) is 58.8 Å². The Labute approximate surface area is 129 Å². The van der Waals surface area contributed by atoms with E-state index in [9.17, 15) is 0 Å². The van der Waals surface area contributed by atoms with E-state index in [4.69, 9.17) is 16.3 Å². The summed E-state index contributed by atoms with van der Waals surface area (Å²) in [6, 6.07) is 6.24. The lowest BCUT2D eigenvalue weighted by molar-refractivity contribution is 0.206. The Bertz CT molecular complexity index is 427. The number of hydrogen-bond donors (Lipinski definition) is 0. The second-order valence-electron chi connectivity index (χ2n) is 5.70. The maximum absolute atomic E-state index is 6.77. The van der Waals surface area contributed by atoms with Crippen molar-refractivity contribution in [1.82, 2.24) is 0 Å². The highest BCUT2D eigenvalue weighted by molar-refractivity contribution is 9.10. The zero-order chi connectivity index (χ0) is 13.9. The van der Waals surface area contributed by atoms with Gasteiger partial charge in [-0.15, -0.1) is 11.6 Å². The minimum absolute atomic E-state index is 0.0831. The summed E-state index contributed by atoms with van der Waals surface area (Å²) in [7, 11) is 0. The number of hydrogen-bond acceptors (Lipinski definition) is 1. The summed E-state index contributed by atoms with van der Waals surface area (Å²) in [4.78, 5) is 0. The van der Waals surface area contributed by atoms with Crippen molar-refractivity contribution < 1.29 is 4.74 Å². The van der Waals surface area contributed by atoms with Gasteiger partial charge in [0.2, 0.25) is 0 Å². The molecule has 0 saturated heterocycles. The van der Waals surface area contributed by atoms with Crippen LogP contribution in [-0.2, 0) is 0 Å². The smallest absolute Gasteiger partial charge is 0.133 e. The predicted molar refractivity (Wildman–Crippen MR) is 85.1 cm³/mol. The highest BCUT2D eigenvalue weighted by Gasteiger charge is 2.35. The Morgan fingerprint density at radius 3 is 2.58 bits per heavy atom. The summed E-state index contributed by atoms with van der Waals surface area (Å²) in [5.74, 6) is 0.893. The van der Waals surface area contributed by atoms with Crippen LogP contribution in [0.1, 0.15) is 56.9 Å². The second kappa shape index (κ2) is 6.49. The summed E-state index contributed by atoms with van der Waals surface area (Å²) in [5.41, 5.74) is 1.42.